The molecular formula is C18H14BrCl2NO3. The summed E-state index contributed by atoms with van der Waals surface area (Å²) in [6, 6.07) is 8.66. The second-order valence-electron chi connectivity index (χ2n) is 6.15. The topological polar surface area (TPSA) is 58.9 Å². The van der Waals surface area contributed by atoms with Crippen molar-refractivity contribution >= 4 is 50.8 Å². The van der Waals surface area contributed by atoms with E-state index < -0.39 is 11.6 Å². The average Bonchev–Trinajstić information content (AvgIpc) is 2.91. The summed E-state index contributed by atoms with van der Waals surface area (Å²) in [6.07, 6.45) is 0.508. The minimum Gasteiger partial charge on any atom is -0.478 e. The van der Waals surface area contributed by atoms with E-state index in [0.29, 0.717) is 26.5 Å². The van der Waals surface area contributed by atoms with Crippen LogP contribution >= 0.6 is 39.1 Å². The third kappa shape index (κ3) is 3.54. The zero-order valence-corrected chi connectivity index (χ0v) is 16.5. The van der Waals surface area contributed by atoms with Crippen LogP contribution in [0.15, 0.2) is 40.0 Å². The summed E-state index contributed by atoms with van der Waals surface area (Å²) in [5.41, 5.74) is 2.58. The van der Waals surface area contributed by atoms with Crippen LogP contribution in [0.3, 0.4) is 0 Å². The van der Waals surface area contributed by atoms with Gasteiger partial charge in [-0.3, -0.25) is 0 Å². The summed E-state index contributed by atoms with van der Waals surface area (Å²) < 4.78 is 0.659. The van der Waals surface area contributed by atoms with Crippen molar-refractivity contribution in [1.29, 1.82) is 0 Å². The number of oxime groups is 1. The predicted octanol–water partition coefficient (Wildman–Crippen LogP) is 5.80. The molecule has 0 aromatic heterocycles. The molecule has 0 saturated heterocycles. The maximum atomic E-state index is 11.3. The first-order valence-electron chi connectivity index (χ1n) is 7.45. The van der Waals surface area contributed by atoms with Gasteiger partial charge in [-0.25, -0.2) is 4.79 Å². The van der Waals surface area contributed by atoms with E-state index in [1.807, 2.05) is 6.92 Å². The maximum Gasteiger partial charge on any atom is 0.335 e. The van der Waals surface area contributed by atoms with Crippen LogP contribution in [0, 0.1) is 6.92 Å². The minimum atomic E-state index is -0.965. The monoisotopic (exact) mass is 441 g/mol. The van der Waals surface area contributed by atoms with Crippen molar-refractivity contribution in [3.05, 3.63) is 67.1 Å². The SMILES string of the molecule is Cc1cc(C2=NOC(C)(c3cc(Cl)cc(Cl)c3)C2)c(Br)cc1C(=O)O. The highest BCUT2D eigenvalue weighted by atomic mass is 79.9. The van der Waals surface area contributed by atoms with Gasteiger partial charge in [-0.1, -0.05) is 44.3 Å². The smallest absolute Gasteiger partial charge is 0.335 e. The van der Waals surface area contributed by atoms with Crippen molar-refractivity contribution in [2.45, 2.75) is 25.9 Å². The van der Waals surface area contributed by atoms with Crippen LogP contribution < -0.4 is 0 Å². The lowest BCUT2D eigenvalue weighted by atomic mass is 9.88. The predicted molar refractivity (Wildman–Crippen MR) is 102 cm³/mol. The molecule has 3 rings (SSSR count). The lowest BCUT2D eigenvalue weighted by Gasteiger charge is -2.22. The highest BCUT2D eigenvalue weighted by molar-refractivity contribution is 9.10. The Morgan fingerprint density at radius 3 is 2.48 bits per heavy atom. The molecule has 4 nitrogen and oxygen atoms in total. The maximum absolute atomic E-state index is 11.3. The fourth-order valence-corrected chi connectivity index (χ4v) is 3.93. The number of hydrogen-bond acceptors (Lipinski definition) is 3. The van der Waals surface area contributed by atoms with Crippen molar-refractivity contribution in [3.63, 3.8) is 0 Å². The molecule has 1 heterocycles. The third-order valence-electron chi connectivity index (χ3n) is 4.19. The second-order valence-corrected chi connectivity index (χ2v) is 7.87. The van der Waals surface area contributed by atoms with E-state index in [-0.39, 0.29) is 5.56 Å². The molecule has 0 spiro atoms. The first-order chi connectivity index (χ1) is 11.7. The third-order valence-corrected chi connectivity index (χ3v) is 5.28. The standard InChI is InChI=1S/C18H14BrCl2NO3/c1-9-3-14(15(19)7-13(9)17(23)24)16-8-18(2,25-22-16)10-4-11(20)6-12(21)5-10/h3-7H,8H2,1-2H3,(H,23,24). The summed E-state index contributed by atoms with van der Waals surface area (Å²) in [5.74, 6) is -0.965. The molecule has 1 unspecified atom stereocenters. The van der Waals surface area contributed by atoms with Crippen molar-refractivity contribution in [3.8, 4) is 0 Å². The van der Waals surface area contributed by atoms with Crippen LogP contribution in [0.1, 0.15) is 40.4 Å². The van der Waals surface area contributed by atoms with Gasteiger partial charge in [-0.2, -0.15) is 0 Å². The van der Waals surface area contributed by atoms with Gasteiger partial charge in [0.05, 0.1) is 11.3 Å². The van der Waals surface area contributed by atoms with Gasteiger partial charge in [0.1, 0.15) is 0 Å². The summed E-state index contributed by atoms with van der Waals surface area (Å²) in [5, 5.41) is 14.5. The largest absolute Gasteiger partial charge is 0.478 e. The molecule has 2 aromatic carbocycles. The molecular weight excluding hydrogens is 429 g/mol. The number of nitrogens with zero attached hydrogens (tertiary/aromatic N) is 1. The molecule has 0 bridgehead atoms. The minimum absolute atomic E-state index is 0.250. The Labute approximate surface area is 163 Å². The molecule has 0 amide bonds. The number of hydrogen-bond donors (Lipinski definition) is 1. The molecule has 2 aromatic rings. The summed E-state index contributed by atoms with van der Waals surface area (Å²) >= 11 is 15.6. The molecule has 25 heavy (non-hydrogen) atoms. The normalized spacial score (nSPS) is 19.5. The van der Waals surface area contributed by atoms with Crippen molar-refractivity contribution in [2.75, 3.05) is 0 Å². The summed E-state index contributed by atoms with van der Waals surface area (Å²) in [6.45, 7) is 3.67. The van der Waals surface area contributed by atoms with Crippen LogP contribution in [0.2, 0.25) is 10.0 Å². The molecule has 0 saturated carbocycles. The number of carboxylic acids is 1. The Balaban J connectivity index is 1.95. The van der Waals surface area contributed by atoms with E-state index in [2.05, 4.69) is 21.1 Å². The highest BCUT2D eigenvalue weighted by Crippen LogP contribution is 2.39. The van der Waals surface area contributed by atoms with Gasteiger partial charge in [-0.15, -0.1) is 0 Å². The van der Waals surface area contributed by atoms with Gasteiger partial charge in [0.25, 0.3) is 0 Å². The molecule has 130 valence electrons. The second kappa shape index (κ2) is 6.63. The summed E-state index contributed by atoms with van der Waals surface area (Å²) in [4.78, 5) is 17.0. The molecule has 0 fully saturated rings. The number of halogens is 3. The van der Waals surface area contributed by atoms with Crippen LogP contribution in [0.25, 0.3) is 0 Å². The molecule has 1 aliphatic heterocycles. The Hall–Kier alpha value is -1.56. The molecule has 1 aliphatic rings. The van der Waals surface area contributed by atoms with E-state index >= 15 is 0 Å². The molecule has 0 aliphatic carbocycles. The molecule has 0 radical (unpaired) electrons. The Morgan fingerprint density at radius 1 is 1.24 bits per heavy atom. The van der Waals surface area contributed by atoms with Crippen molar-refractivity contribution < 1.29 is 14.7 Å². The quantitative estimate of drug-likeness (QED) is 0.653. The van der Waals surface area contributed by atoms with E-state index in [1.165, 1.54) is 0 Å². The Kier molecular flexibility index (Phi) is 4.84. The number of benzene rings is 2. The molecule has 1 atom stereocenters. The zero-order chi connectivity index (χ0) is 18.4. The number of carboxylic acid groups (broad SMARTS) is 1. The fraction of sp³-hybridized carbons (Fsp3) is 0.222. The lowest BCUT2D eigenvalue weighted by Crippen LogP contribution is -2.22. The Bertz CT molecular complexity index is 893. The Morgan fingerprint density at radius 2 is 1.88 bits per heavy atom. The van der Waals surface area contributed by atoms with Gasteiger partial charge < -0.3 is 9.94 Å². The van der Waals surface area contributed by atoms with Gasteiger partial charge in [0, 0.05) is 32.1 Å². The first kappa shape index (κ1) is 18.2. The summed E-state index contributed by atoms with van der Waals surface area (Å²) in [7, 11) is 0. The fourth-order valence-electron chi connectivity index (χ4n) is 2.83. The average molecular weight is 443 g/mol. The first-order valence-corrected chi connectivity index (χ1v) is 9.00. The van der Waals surface area contributed by atoms with Crippen LogP contribution in [0.5, 0.6) is 0 Å². The van der Waals surface area contributed by atoms with Gasteiger partial charge in [0.2, 0.25) is 0 Å². The van der Waals surface area contributed by atoms with E-state index in [0.717, 1.165) is 16.8 Å². The van der Waals surface area contributed by atoms with Crippen LogP contribution in [-0.2, 0) is 10.4 Å². The van der Waals surface area contributed by atoms with Gasteiger partial charge in [0.15, 0.2) is 5.60 Å². The van der Waals surface area contributed by atoms with Crippen molar-refractivity contribution in [2.24, 2.45) is 5.16 Å². The number of carbonyl (C=O) groups is 1. The van der Waals surface area contributed by atoms with E-state index in [9.17, 15) is 9.90 Å². The van der Waals surface area contributed by atoms with E-state index in [4.69, 9.17) is 28.0 Å². The molecule has 7 heteroatoms. The number of aromatic carboxylic acids is 1. The van der Waals surface area contributed by atoms with Crippen LogP contribution in [0.4, 0.5) is 0 Å². The van der Waals surface area contributed by atoms with Gasteiger partial charge >= 0.3 is 5.97 Å². The zero-order valence-electron chi connectivity index (χ0n) is 13.4. The van der Waals surface area contributed by atoms with Crippen LogP contribution in [-0.4, -0.2) is 16.8 Å². The highest BCUT2D eigenvalue weighted by Gasteiger charge is 2.37. The number of rotatable bonds is 3. The van der Waals surface area contributed by atoms with E-state index in [1.54, 1.807) is 37.3 Å². The lowest BCUT2D eigenvalue weighted by molar-refractivity contribution is -0.00737. The van der Waals surface area contributed by atoms with Crippen molar-refractivity contribution in [1.82, 2.24) is 0 Å². The van der Waals surface area contributed by atoms with Gasteiger partial charge in [-0.05, 0) is 49.7 Å². The number of aryl methyl sites for hydroxylation is 1. The molecule has 1 N–H and O–H groups in total.